The lowest BCUT2D eigenvalue weighted by molar-refractivity contribution is 0.477. The lowest BCUT2D eigenvalue weighted by atomic mass is 9.96. The average Bonchev–Trinajstić information content (AvgIpc) is 2.39. The summed E-state index contributed by atoms with van der Waals surface area (Å²) >= 11 is 0. The van der Waals surface area contributed by atoms with E-state index in [1.807, 2.05) is 7.05 Å². The smallest absolute Gasteiger partial charge is 0.152 e. The first-order chi connectivity index (χ1) is 9.35. The molecule has 0 saturated carbocycles. The molecule has 114 valence electrons. The molecule has 1 aromatic carbocycles. The summed E-state index contributed by atoms with van der Waals surface area (Å²) in [7, 11) is -1.02. The Morgan fingerprint density at radius 2 is 1.75 bits per heavy atom. The van der Waals surface area contributed by atoms with Gasteiger partial charge in [0.25, 0.3) is 0 Å². The minimum Gasteiger partial charge on any atom is -0.319 e. The number of benzene rings is 1. The van der Waals surface area contributed by atoms with Crippen LogP contribution in [0.15, 0.2) is 24.3 Å². The third-order valence-electron chi connectivity index (χ3n) is 3.67. The molecule has 0 aliphatic rings. The predicted octanol–water partition coefficient (Wildman–Crippen LogP) is 2.59. The lowest BCUT2D eigenvalue weighted by Crippen LogP contribution is -2.25. The topological polar surface area (TPSA) is 46.2 Å². The highest BCUT2D eigenvalue weighted by atomic mass is 32.2. The van der Waals surface area contributed by atoms with E-state index >= 15 is 0 Å². The number of rotatable bonds is 8. The molecule has 0 aliphatic carbocycles. The average molecular weight is 297 g/mol. The van der Waals surface area contributed by atoms with E-state index in [1.165, 1.54) is 11.1 Å². The van der Waals surface area contributed by atoms with E-state index in [-0.39, 0.29) is 11.0 Å². The van der Waals surface area contributed by atoms with Crippen LogP contribution in [0.2, 0.25) is 0 Å². The summed E-state index contributed by atoms with van der Waals surface area (Å²) < 4.78 is 23.8. The molecule has 0 fully saturated rings. The van der Waals surface area contributed by atoms with E-state index in [9.17, 15) is 8.42 Å². The van der Waals surface area contributed by atoms with Crippen molar-refractivity contribution in [2.45, 2.75) is 38.9 Å². The summed E-state index contributed by atoms with van der Waals surface area (Å²) in [6, 6.07) is 8.48. The monoisotopic (exact) mass is 297 g/mol. The molecule has 0 aromatic heterocycles. The molecule has 1 rings (SSSR count). The Hall–Kier alpha value is -0.870. The second-order valence-electron chi connectivity index (χ2n) is 5.82. The zero-order valence-corrected chi connectivity index (χ0v) is 13.8. The van der Waals surface area contributed by atoms with Crippen LogP contribution in [0.3, 0.4) is 0 Å². The molecule has 3 nitrogen and oxygen atoms in total. The Bertz CT molecular complexity index is 492. The van der Waals surface area contributed by atoms with Crippen LogP contribution in [0.5, 0.6) is 0 Å². The van der Waals surface area contributed by atoms with E-state index in [4.69, 9.17) is 0 Å². The van der Waals surface area contributed by atoms with Crippen molar-refractivity contribution < 1.29 is 8.42 Å². The third-order valence-corrected chi connectivity index (χ3v) is 5.91. The van der Waals surface area contributed by atoms with Crippen molar-refractivity contribution in [3.05, 3.63) is 35.4 Å². The summed E-state index contributed by atoms with van der Waals surface area (Å²) in [5, 5.41) is 2.89. The summed E-state index contributed by atoms with van der Waals surface area (Å²) in [6.45, 7) is 6.43. The van der Waals surface area contributed by atoms with Crippen LogP contribution in [0.4, 0.5) is 0 Å². The molecular weight excluding hydrogens is 270 g/mol. The molecule has 1 aromatic rings. The van der Waals surface area contributed by atoms with Crippen LogP contribution in [0.1, 0.15) is 31.4 Å². The molecule has 0 amide bonds. The number of nitrogens with one attached hydrogen (secondary N) is 1. The molecule has 0 heterocycles. The van der Waals surface area contributed by atoms with Crippen molar-refractivity contribution in [2.24, 2.45) is 5.92 Å². The van der Waals surface area contributed by atoms with Crippen molar-refractivity contribution in [3.63, 3.8) is 0 Å². The summed E-state index contributed by atoms with van der Waals surface area (Å²) in [6.07, 6.45) is 1.64. The van der Waals surface area contributed by atoms with Gasteiger partial charge >= 0.3 is 0 Å². The molecule has 4 heteroatoms. The minimum atomic E-state index is -2.94. The summed E-state index contributed by atoms with van der Waals surface area (Å²) in [5.41, 5.74) is 2.53. The number of sulfone groups is 1. The molecule has 1 N–H and O–H groups in total. The number of aryl methyl sites for hydroxylation is 1. The van der Waals surface area contributed by atoms with E-state index in [1.54, 1.807) is 13.8 Å². The van der Waals surface area contributed by atoms with Gasteiger partial charge in [-0.2, -0.15) is 0 Å². The van der Waals surface area contributed by atoms with Gasteiger partial charge in [0, 0.05) is 0 Å². The zero-order chi connectivity index (χ0) is 15.2. The predicted molar refractivity (Wildman–Crippen MR) is 85.8 cm³/mol. The van der Waals surface area contributed by atoms with Crippen LogP contribution in [0, 0.1) is 12.8 Å². The second-order valence-corrected chi connectivity index (χ2v) is 8.49. The lowest BCUT2D eigenvalue weighted by Gasteiger charge is -2.17. The van der Waals surface area contributed by atoms with Crippen molar-refractivity contribution in [3.8, 4) is 0 Å². The van der Waals surface area contributed by atoms with Crippen LogP contribution < -0.4 is 5.32 Å². The first-order valence-electron chi connectivity index (χ1n) is 7.27. The van der Waals surface area contributed by atoms with Gasteiger partial charge < -0.3 is 5.32 Å². The Morgan fingerprint density at radius 1 is 1.15 bits per heavy atom. The molecule has 20 heavy (non-hydrogen) atoms. The molecule has 0 spiro atoms. The maximum absolute atomic E-state index is 11.9. The standard InChI is InChI=1S/C16H27NO2S/c1-13(2)20(18,19)10-9-16(12-17-4)11-15-7-5-14(3)6-8-15/h5-8,13,16-17H,9-12H2,1-4H3. The maximum atomic E-state index is 11.9. The molecule has 0 aliphatic heterocycles. The van der Waals surface area contributed by atoms with Crippen molar-refractivity contribution >= 4 is 9.84 Å². The van der Waals surface area contributed by atoms with Gasteiger partial charge in [-0.25, -0.2) is 8.42 Å². The third kappa shape index (κ3) is 5.63. The van der Waals surface area contributed by atoms with Crippen molar-refractivity contribution in [1.29, 1.82) is 0 Å². The van der Waals surface area contributed by atoms with E-state index in [0.29, 0.717) is 5.92 Å². The quantitative estimate of drug-likeness (QED) is 0.802. The van der Waals surface area contributed by atoms with Gasteiger partial charge in [0.15, 0.2) is 9.84 Å². The zero-order valence-electron chi connectivity index (χ0n) is 13.0. The normalized spacial score (nSPS) is 13.7. The Kier molecular flexibility index (Phi) is 6.69. The number of hydrogen-bond acceptors (Lipinski definition) is 3. The SMILES string of the molecule is CNCC(CCS(=O)(=O)C(C)C)Cc1ccc(C)cc1. The molecule has 0 radical (unpaired) electrons. The van der Waals surface area contributed by atoms with Gasteiger partial charge in [-0.05, 0) is 58.7 Å². The highest BCUT2D eigenvalue weighted by Gasteiger charge is 2.19. The highest BCUT2D eigenvalue weighted by molar-refractivity contribution is 7.91. The van der Waals surface area contributed by atoms with Gasteiger partial charge in [-0.3, -0.25) is 0 Å². The molecule has 0 bridgehead atoms. The Balaban J connectivity index is 2.63. The Labute approximate surface area is 123 Å². The number of hydrogen-bond donors (Lipinski definition) is 1. The minimum absolute atomic E-state index is 0.280. The fourth-order valence-corrected chi connectivity index (χ4v) is 3.32. The highest BCUT2D eigenvalue weighted by Crippen LogP contribution is 2.15. The van der Waals surface area contributed by atoms with Gasteiger partial charge in [-0.1, -0.05) is 29.8 Å². The van der Waals surface area contributed by atoms with Crippen molar-refractivity contribution in [1.82, 2.24) is 5.32 Å². The van der Waals surface area contributed by atoms with E-state index in [2.05, 4.69) is 36.5 Å². The first-order valence-corrected chi connectivity index (χ1v) is 8.98. The van der Waals surface area contributed by atoms with Gasteiger partial charge in [0.1, 0.15) is 0 Å². The van der Waals surface area contributed by atoms with Gasteiger partial charge in [-0.15, -0.1) is 0 Å². The molecule has 0 saturated heterocycles. The van der Waals surface area contributed by atoms with E-state index in [0.717, 1.165) is 19.4 Å². The van der Waals surface area contributed by atoms with Crippen molar-refractivity contribution in [2.75, 3.05) is 19.3 Å². The van der Waals surface area contributed by atoms with Crippen LogP contribution in [-0.2, 0) is 16.3 Å². The summed E-state index contributed by atoms with van der Waals surface area (Å²) in [5.74, 6) is 0.638. The second kappa shape index (κ2) is 7.79. The van der Waals surface area contributed by atoms with Crippen LogP contribution >= 0.6 is 0 Å². The first kappa shape index (κ1) is 17.2. The van der Waals surface area contributed by atoms with Gasteiger partial charge in [0.2, 0.25) is 0 Å². The Morgan fingerprint density at radius 3 is 2.25 bits per heavy atom. The van der Waals surface area contributed by atoms with Crippen LogP contribution in [-0.4, -0.2) is 33.0 Å². The molecule has 1 atom stereocenters. The fourth-order valence-electron chi connectivity index (χ4n) is 2.19. The summed E-state index contributed by atoms with van der Waals surface area (Å²) in [4.78, 5) is 0. The molecule has 1 unspecified atom stereocenters. The van der Waals surface area contributed by atoms with E-state index < -0.39 is 9.84 Å². The largest absolute Gasteiger partial charge is 0.319 e. The fraction of sp³-hybridized carbons (Fsp3) is 0.625. The maximum Gasteiger partial charge on any atom is 0.152 e. The van der Waals surface area contributed by atoms with Crippen LogP contribution in [0.25, 0.3) is 0 Å². The van der Waals surface area contributed by atoms with Gasteiger partial charge in [0.05, 0.1) is 11.0 Å². The molecular formula is C16H27NO2S.